The number of hydrogen-bond donors (Lipinski definition) is 6. The number of carbonyl (C=O) groups excluding carboxylic acids is 1. The Bertz CT molecular complexity index is 1410. The van der Waals surface area contributed by atoms with Gasteiger partial charge in [-0.25, -0.2) is 0 Å². The van der Waals surface area contributed by atoms with Crippen molar-refractivity contribution in [1.82, 2.24) is 10.6 Å². The van der Waals surface area contributed by atoms with Gasteiger partial charge in [0.1, 0.15) is 0 Å². The maximum absolute atomic E-state index is 13.6. The van der Waals surface area contributed by atoms with Gasteiger partial charge in [0.25, 0.3) is 5.91 Å². The molecule has 1 saturated heterocycles. The van der Waals surface area contributed by atoms with Crippen LogP contribution in [-0.4, -0.2) is 57.7 Å². The van der Waals surface area contributed by atoms with Gasteiger partial charge in [-0.3, -0.25) is 18.2 Å². The van der Waals surface area contributed by atoms with Crippen LogP contribution in [0, 0.1) is 0 Å². The van der Waals surface area contributed by atoms with Crippen molar-refractivity contribution in [2.75, 3.05) is 35.0 Å². The summed E-state index contributed by atoms with van der Waals surface area (Å²) in [5.41, 5.74) is 1.70. The fourth-order valence-electron chi connectivity index (χ4n) is 5.11. The van der Waals surface area contributed by atoms with E-state index in [1.165, 1.54) is 12.1 Å². The van der Waals surface area contributed by atoms with Crippen LogP contribution in [0.3, 0.4) is 0 Å². The smallest absolute Gasteiger partial charge is 0.390 e. The first-order valence-electron chi connectivity index (χ1n) is 14.4. The molecule has 1 fully saturated rings. The van der Waals surface area contributed by atoms with Crippen LogP contribution in [0.2, 0.25) is 5.02 Å². The van der Waals surface area contributed by atoms with E-state index in [1.807, 2.05) is 37.3 Å². The Morgan fingerprint density at radius 1 is 1.05 bits per heavy atom. The van der Waals surface area contributed by atoms with E-state index in [2.05, 4.69) is 16.0 Å². The zero-order valence-corrected chi connectivity index (χ0v) is 25.9. The number of halogens is 4. The number of hydrogen-bond acceptors (Lipinski definition) is 7. The van der Waals surface area contributed by atoms with Crippen LogP contribution in [0.4, 0.5) is 24.5 Å². The first kappa shape index (κ1) is 33.9. The van der Waals surface area contributed by atoms with Gasteiger partial charge in [0, 0.05) is 37.4 Å². The molecule has 1 heterocycles. The molecule has 6 N–H and O–H groups in total. The van der Waals surface area contributed by atoms with Crippen LogP contribution >= 0.6 is 22.4 Å². The van der Waals surface area contributed by atoms with E-state index in [4.69, 9.17) is 11.6 Å². The Labute approximate surface area is 262 Å². The van der Waals surface area contributed by atoms with Gasteiger partial charge >= 0.3 is 6.18 Å². The first-order chi connectivity index (χ1) is 20.9. The quantitative estimate of drug-likeness (QED) is 0.131. The summed E-state index contributed by atoms with van der Waals surface area (Å²) in [6.07, 6.45) is -3.91. The van der Waals surface area contributed by atoms with Crippen molar-refractivity contribution < 1.29 is 32.2 Å². The van der Waals surface area contributed by atoms with Crippen LogP contribution in [0.5, 0.6) is 0 Å². The number of carbonyl (C=O) groups is 1. The van der Waals surface area contributed by atoms with E-state index in [9.17, 15) is 32.2 Å². The van der Waals surface area contributed by atoms with E-state index < -0.39 is 45.6 Å². The predicted molar refractivity (Wildman–Crippen MR) is 170 cm³/mol. The average molecular weight is 655 g/mol. The summed E-state index contributed by atoms with van der Waals surface area (Å²) in [4.78, 5) is 13.6. The molecule has 3 aromatic rings. The third kappa shape index (κ3) is 9.02. The maximum atomic E-state index is 13.6. The van der Waals surface area contributed by atoms with Gasteiger partial charge < -0.3 is 21.1 Å². The minimum Gasteiger partial charge on any atom is -0.390 e. The van der Waals surface area contributed by atoms with Crippen LogP contribution in [-0.2, 0) is 19.1 Å². The molecule has 0 spiro atoms. The van der Waals surface area contributed by atoms with Crippen LogP contribution < -0.4 is 20.3 Å². The number of rotatable bonds is 12. The minimum absolute atomic E-state index is 0.0148. The van der Waals surface area contributed by atoms with Gasteiger partial charge in [-0.1, -0.05) is 48.0 Å². The average Bonchev–Trinajstić information content (AvgIpc) is 2.97. The van der Waals surface area contributed by atoms with Crippen LogP contribution in [0.1, 0.15) is 46.8 Å². The number of nitrogens with zero attached hydrogens (tertiary/aromatic N) is 1. The molecular formula is C31H38ClF3N4O4S. The van der Waals surface area contributed by atoms with E-state index in [0.717, 1.165) is 18.1 Å². The van der Waals surface area contributed by atoms with Crippen molar-refractivity contribution in [2.24, 2.45) is 0 Å². The Balaban J connectivity index is 1.52. The van der Waals surface area contributed by atoms with E-state index >= 15 is 0 Å². The van der Waals surface area contributed by atoms with E-state index in [1.54, 1.807) is 22.5 Å². The van der Waals surface area contributed by atoms with Gasteiger partial charge in [0.15, 0.2) is 0 Å². The molecule has 8 nitrogen and oxygen atoms in total. The van der Waals surface area contributed by atoms with Gasteiger partial charge in [-0.05, 0) is 67.6 Å². The minimum atomic E-state index is -4.59. The van der Waals surface area contributed by atoms with Crippen molar-refractivity contribution in [3.63, 3.8) is 0 Å². The highest BCUT2D eigenvalue weighted by atomic mass is 35.5. The lowest BCUT2D eigenvalue weighted by Gasteiger charge is -2.47. The van der Waals surface area contributed by atoms with Crippen molar-refractivity contribution >= 4 is 39.7 Å². The van der Waals surface area contributed by atoms with Crippen molar-refractivity contribution in [3.05, 3.63) is 94.0 Å². The summed E-state index contributed by atoms with van der Waals surface area (Å²) in [5.74, 6) is -0.210. The lowest BCUT2D eigenvalue weighted by atomic mass is 10.00. The standard InChI is InChI=1S/C31H38ClF3N4O4S/c1-2-37-24-16-23(17-25(18-24)39-12-6-7-13-44(39,42)43)30(41)38-28(15-21-8-4-3-5-9-21)29(40)20-36-19-22-10-11-27(32)26(14-22)31(33,34)35/h3-5,8-11,14,16-18,28-29,36-37,40,42-43H,2,6-7,12-13,15,19-20H2,1H3,(H,38,41)/t28-,29+/m0/s1. The van der Waals surface area contributed by atoms with E-state index in [0.29, 0.717) is 42.9 Å². The van der Waals surface area contributed by atoms with Crippen molar-refractivity contribution in [2.45, 2.75) is 51.1 Å². The fraction of sp³-hybridized carbons (Fsp3) is 0.387. The molecule has 13 heteroatoms. The van der Waals surface area contributed by atoms with Crippen LogP contribution in [0.15, 0.2) is 66.7 Å². The molecule has 0 bridgehead atoms. The lowest BCUT2D eigenvalue weighted by Crippen LogP contribution is -2.48. The second kappa shape index (κ2) is 14.9. The zero-order valence-electron chi connectivity index (χ0n) is 24.3. The Kier molecular flexibility index (Phi) is 11.4. The lowest BCUT2D eigenvalue weighted by molar-refractivity contribution is -0.137. The first-order valence-corrected chi connectivity index (χ1v) is 16.4. The fourth-order valence-corrected chi connectivity index (χ4v) is 7.01. The number of alkyl halides is 3. The van der Waals surface area contributed by atoms with Gasteiger partial charge in [-0.15, -0.1) is 10.8 Å². The molecule has 1 amide bonds. The molecule has 240 valence electrons. The molecule has 44 heavy (non-hydrogen) atoms. The zero-order chi connectivity index (χ0) is 31.9. The second-order valence-corrected chi connectivity index (χ2v) is 13.2. The van der Waals surface area contributed by atoms with Crippen molar-refractivity contribution in [1.29, 1.82) is 0 Å². The van der Waals surface area contributed by atoms with Crippen LogP contribution in [0.25, 0.3) is 0 Å². The molecular weight excluding hydrogens is 617 g/mol. The molecule has 0 aromatic heterocycles. The number of nitrogens with one attached hydrogen (secondary N) is 3. The highest BCUT2D eigenvalue weighted by molar-refractivity contribution is 8.25. The number of amides is 1. The molecule has 0 aliphatic carbocycles. The summed E-state index contributed by atoms with van der Waals surface area (Å²) < 4.78 is 62.8. The Morgan fingerprint density at radius 3 is 2.48 bits per heavy atom. The monoisotopic (exact) mass is 654 g/mol. The molecule has 0 radical (unpaired) electrons. The predicted octanol–water partition coefficient (Wildman–Crippen LogP) is 6.55. The molecule has 2 atom stereocenters. The van der Waals surface area contributed by atoms with Gasteiger partial charge in [0.05, 0.1) is 34.2 Å². The topological polar surface area (TPSA) is 117 Å². The summed E-state index contributed by atoms with van der Waals surface area (Å²) in [7, 11) is -3.02. The van der Waals surface area contributed by atoms with Gasteiger partial charge in [0.2, 0.25) is 0 Å². The SMILES string of the molecule is CCNc1cc(C(=O)N[C@@H](Cc2ccccc2)[C@H](O)CNCc2ccc(Cl)c(C(F)(F)F)c2)cc(N2CCCCS2(O)O)c1. The number of anilines is 2. The second-order valence-electron chi connectivity index (χ2n) is 10.7. The third-order valence-corrected chi connectivity index (χ3v) is 9.59. The molecule has 1 aliphatic rings. The third-order valence-electron chi connectivity index (χ3n) is 7.33. The Hall–Kier alpha value is -3.00. The maximum Gasteiger partial charge on any atom is 0.417 e. The Morgan fingerprint density at radius 2 is 1.80 bits per heavy atom. The van der Waals surface area contributed by atoms with E-state index in [-0.39, 0.29) is 24.4 Å². The highest BCUT2D eigenvalue weighted by Gasteiger charge is 2.33. The molecule has 4 rings (SSSR count). The molecule has 0 unspecified atom stereocenters. The number of aliphatic hydroxyl groups is 1. The normalized spacial score (nSPS) is 17.0. The number of benzene rings is 3. The summed E-state index contributed by atoms with van der Waals surface area (Å²) in [6.45, 7) is 2.96. The molecule has 1 aliphatic heterocycles. The van der Waals surface area contributed by atoms with Gasteiger partial charge in [-0.2, -0.15) is 13.2 Å². The molecule has 3 aromatic carbocycles. The van der Waals surface area contributed by atoms with Crippen molar-refractivity contribution in [3.8, 4) is 0 Å². The molecule has 0 saturated carbocycles. The highest BCUT2D eigenvalue weighted by Crippen LogP contribution is 2.50. The largest absolute Gasteiger partial charge is 0.417 e. The number of aliphatic hydroxyl groups excluding tert-OH is 1. The summed E-state index contributed by atoms with van der Waals surface area (Å²) in [5, 5.41) is 19.9. The summed E-state index contributed by atoms with van der Waals surface area (Å²) in [6, 6.07) is 17.2. The summed E-state index contributed by atoms with van der Waals surface area (Å²) >= 11 is 5.73.